The van der Waals surface area contributed by atoms with E-state index < -0.39 is 39.7 Å². The maximum absolute atomic E-state index is 13.5. The number of carbonyl (C=O) groups is 2. The summed E-state index contributed by atoms with van der Waals surface area (Å²) in [5.74, 6) is -4.20. The maximum Gasteiger partial charge on any atom is 0.290 e. The van der Waals surface area contributed by atoms with Crippen LogP contribution < -0.4 is 5.32 Å². The lowest BCUT2D eigenvalue weighted by Crippen LogP contribution is -2.17. The highest BCUT2D eigenvalue weighted by Gasteiger charge is 2.26. The quantitative estimate of drug-likeness (QED) is 0.632. The third-order valence-electron chi connectivity index (χ3n) is 2.34. The molecule has 2 amide bonds. The molecule has 0 radical (unpaired) electrons. The van der Waals surface area contributed by atoms with E-state index >= 15 is 0 Å². The van der Waals surface area contributed by atoms with E-state index in [-0.39, 0.29) is 4.91 Å². The summed E-state index contributed by atoms with van der Waals surface area (Å²) in [5.41, 5.74) is -0.850. The molecule has 1 saturated heterocycles. The smallest absolute Gasteiger partial charge is 0.282 e. The molecule has 0 saturated carbocycles. The van der Waals surface area contributed by atoms with Gasteiger partial charge in [0.1, 0.15) is 5.82 Å². The van der Waals surface area contributed by atoms with Crippen LogP contribution in [0, 0.1) is 24.4 Å². The highest BCUT2D eigenvalue weighted by atomic mass is 32.2. The van der Waals surface area contributed by atoms with Crippen molar-refractivity contribution in [2.45, 2.75) is 6.92 Å². The van der Waals surface area contributed by atoms with Gasteiger partial charge in [-0.15, -0.1) is 0 Å². The van der Waals surface area contributed by atoms with E-state index in [0.29, 0.717) is 11.8 Å². The van der Waals surface area contributed by atoms with Crippen LogP contribution in [0.2, 0.25) is 0 Å². The minimum atomic E-state index is -1.31. The first-order valence-electron chi connectivity index (χ1n) is 4.79. The molecule has 0 aliphatic carbocycles. The second-order valence-electron chi connectivity index (χ2n) is 3.55. The highest BCUT2D eigenvalue weighted by Crippen LogP contribution is 2.28. The lowest BCUT2D eigenvalue weighted by Gasteiger charge is -2.04. The fourth-order valence-electron chi connectivity index (χ4n) is 1.37. The molecular weight excluding hydrogens is 267 g/mol. The van der Waals surface area contributed by atoms with Crippen molar-refractivity contribution in [1.82, 2.24) is 5.32 Å². The summed E-state index contributed by atoms with van der Waals surface area (Å²) in [7, 11) is 0. The van der Waals surface area contributed by atoms with E-state index in [9.17, 15) is 22.8 Å². The zero-order valence-corrected chi connectivity index (χ0v) is 9.83. The maximum atomic E-state index is 13.5. The largest absolute Gasteiger partial charge is 0.290 e. The molecule has 0 aromatic heterocycles. The van der Waals surface area contributed by atoms with Gasteiger partial charge in [0.05, 0.1) is 4.91 Å². The van der Waals surface area contributed by atoms with Crippen molar-refractivity contribution < 1.29 is 22.8 Å². The Balaban J connectivity index is 2.50. The molecule has 7 heteroatoms. The van der Waals surface area contributed by atoms with E-state index in [1.54, 1.807) is 0 Å². The summed E-state index contributed by atoms with van der Waals surface area (Å²) in [6.45, 7) is 1.10. The molecule has 1 aromatic carbocycles. The van der Waals surface area contributed by atoms with Gasteiger partial charge < -0.3 is 0 Å². The van der Waals surface area contributed by atoms with Gasteiger partial charge in [0.25, 0.3) is 11.1 Å². The Hall–Kier alpha value is -1.76. The summed E-state index contributed by atoms with van der Waals surface area (Å²) >= 11 is 0.543. The first kappa shape index (κ1) is 12.7. The van der Waals surface area contributed by atoms with E-state index in [1.807, 2.05) is 5.32 Å². The van der Waals surface area contributed by atoms with Crippen molar-refractivity contribution >= 4 is 29.0 Å². The van der Waals surface area contributed by atoms with Crippen molar-refractivity contribution in [2.24, 2.45) is 0 Å². The monoisotopic (exact) mass is 273 g/mol. The molecular formula is C11H6F3NO2S. The molecule has 1 aliphatic rings. The first-order valence-corrected chi connectivity index (χ1v) is 5.60. The number of halogens is 3. The lowest BCUT2D eigenvalue weighted by molar-refractivity contribution is -0.115. The third-order valence-corrected chi connectivity index (χ3v) is 3.16. The van der Waals surface area contributed by atoms with Crippen LogP contribution >= 0.6 is 11.8 Å². The molecule has 3 nitrogen and oxygen atoms in total. The molecule has 2 rings (SSSR count). The van der Waals surface area contributed by atoms with E-state index in [1.165, 1.54) is 0 Å². The van der Waals surface area contributed by atoms with Crippen molar-refractivity contribution in [3.63, 3.8) is 0 Å². The van der Waals surface area contributed by atoms with Crippen LogP contribution in [0.15, 0.2) is 11.0 Å². The van der Waals surface area contributed by atoms with E-state index in [2.05, 4.69) is 0 Å². The highest BCUT2D eigenvalue weighted by molar-refractivity contribution is 8.18. The number of nitrogens with one attached hydrogen (secondary N) is 1. The van der Waals surface area contributed by atoms with Gasteiger partial charge in [-0.05, 0) is 30.8 Å². The second-order valence-corrected chi connectivity index (χ2v) is 4.57. The fourth-order valence-corrected chi connectivity index (χ4v) is 2.04. The Morgan fingerprint density at radius 3 is 2.44 bits per heavy atom. The van der Waals surface area contributed by atoms with Gasteiger partial charge >= 0.3 is 0 Å². The van der Waals surface area contributed by atoms with Gasteiger partial charge in [-0.2, -0.15) is 0 Å². The summed E-state index contributed by atoms with van der Waals surface area (Å²) in [6.07, 6.45) is 0.936. The van der Waals surface area contributed by atoms with Gasteiger partial charge in [-0.1, -0.05) is 0 Å². The first-order chi connectivity index (χ1) is 8.40. The molecule has 1 N–H and O–H groups in total. The van der Waals surface area contributed by atoms with Crippen molar-refractivity contribution in [3.05, 3.63) is 39.6 Å². The zero-order valence-electron chi connectivity index (χ0n) is 9.01. The van der Waals surface area contributed by atoms with Gasteiger partial charge in [-0.3, -0.25) is 14.9 Å². The molecule has 18 heavy (non-hydrogen) atoms. The molecule has 1 aliphatic heterocycles. The summed E-state index contributed by atoms with van der Waals surface area (Å²) < 4.78 is 40.0. The number of hydrogen-bond donors (Lipinski definition) is 1. The molecule has 0 atom stereocenters. The topological polar surface area (TPSA) is 46.2 Å². The van der Waals surface area contributed by atoms with Crippen molar-refractivity contribution in [2.75, 3.05) is 0 Å². The van der Waals surface area contributed by atoms with E-state index in [0.717, 1.165) is 19.1 Å². The van der Waals surface area contributed by atoms with Gasteiger partial charge in [-0.25, -0.2) is 13.2 Å². The van der Waals surface area contributed by atoms with Crippen LogP contribution in [-0.2, 0) is 4.79 Å². The molecule has 1 fully saturated rings. The number of amides is 2. The molecule has 94 valence electrons. The zero-order chi connectivity index (χ0) is 13.4. The Morgan fingerprint density at radius 2 is 1.89 bits per heavy atom. The third kappa shape index (κ3) is 2.13. The number of thioether (sulfide) groups is 1. The Morgan fingerprint density at radius 1 is 1.22 bits per heavy atom. The Labute approximate surface area is 104 Å². The number of rotatable bonds is 1. The van der Waals surface area contributed by atoms with Crippen LogP contribution in [-0.4, -0.2) is 11.1 Å². The molecule has 1 heterocycles. The van der Waals surface area contributed by atoms with Gasteiger partial charge in [0.2, 0.25) is 0 Å². The average Bonchev–Trinajstić information content (AvgIpc) is 2.62. The summed E-state index contributed by atoms with van der Waals surface area (Å²) in [6, 6.07) is 0.775. The predicted octanol–water partition coefficient (Wildman–Crippen LogP) is 2.74. The minimum Gasteiger partial charge on any atom is -0.282 e. The standard InChI is InChI=1S/C11H6F3NO2S/c1-4-6(12)2-5(9(14)8(4)13)3-7-10(16)15-11(17)18-7/h2-3H,1H3,(H,15,16,17). The van der Waals surface area contributed by atoms with Crippen molar-refractivity contribution in [3.8, 4) is 0 Å². The molecule has 0 bridgehead atoms. The number of carbonyl (C=O) groups excluding carboxylic acids is 2. The normalized spacial score (nSPS) is 17.4. The summed E-state index contributed by atoms with van der Waals surface area (Å²) in [5, 5.41) is 1.34. The SMILES string of the molecule is Cc1c(F)cc(C=C2SC(=O)NC2=O)c(F)c1F. The number of imide groups is 1. The van der Waals surface area contributed by atoms with Crippen molar-refractivity contribution in [1.29, 1.82) is 0 Å². The Kier molecular flexibility index (Phi) is 3.16. The van der Waals surface area contributed by atoms with E-state index in [4.69, 9.17) is 0 Å². The summed E-state index contributed by atoms with van der Waals surface area (Å²) in [4.78, 5) is 22.0. The average molecular weight is 273 g/mol. The van der Waals surface area contributed by atoms with Crippen LogP contribution in [0.25, 0.3) is 6.08 Å². The molecule has 0 unspecified atom stereocenters. The Bertz CT molecular complexity index is 598. The van der Waals surface area contributed by atoms with Crippen LogP contribution in [0.1, 0.15) is 11.1 Å². The van der Waals surface area contributed by atoms with Crippen LogP contribution in [0.3, 0.4) is 0 Å². The molecule has 0 spiro atoms. The molecule has 1 aromatic rings. The second kappa shape index (κ2) is 4.49. The van der Waals surface area contributed by atoms with Crippen LogP contribution in [0.5, 0.6) is 0 Å². The number of benzene rings is 1. The lowest BCUT2D eigenvalue weighted by atomic mass is 10.1. The van der Waals surface area contributed by atoms with Crippen LogP contribution in [0.4, 0.5) is 18.0 Å². The predicted molar refractivity (Wildman–Crippen MR) is 60.2 cm³/mol. The number of hydrogen-bond acceptors (Lipinski definition) is 3. The fraction of sp³-hybridized carbons (Fsp3) is 0.0909. The minimum absolute atomic E-state index is 0.110. The van der Waals surface area contributed by atoms with Gasteiger partial charge in [0.15, 0.2) is 11.6 Å². The van der Waals surface area contributed by atoms with Gasteiger partial charge in [0, 0.05) is 11.1 Å².